The highest BCUT2D eigenvalue weighted by molar-refractivity contribution is 5.98. The lowest BCUT2D eigenvalue weighted by molar-refractivity contribution is -0.137. The standard InChI is InChI=1S/C21H22N2O4/c24-19(25)13-12-18(14-4-2-1-3-5-14)23-21(27)16-8-6-15(7-9-16)20(26)22-17-10-11-17/h1-9,17-18H,10-13H2,(H,22,26)(H,23,27)(H,24,25). The summed E-state index contributed by atoms with van der Waals surface area (Å²) in [4.78, 5) is 35.5. The van der Waals surface area contributed by atoms with Crippen LogP contribution in [0.4, 0.5) is 0 Å². The molecule has 2 amide bonds. The van der Waals surface area contributed by atoms with Gasteiger partial charge in [0.25, 0.3) is 11.8 Å². The molecule has 1 aliphatic rings. The number of aliphatic carboxylic acids is 1. The average Bonchev–Trinajstić information content (AvgIpc) is 3.49. The number of carbonyl (C=O) groups is 3. The lowest BCUT2D eigenvalue weighted by atomic mass is 10.0. The van der Waals surface area contributed by atoms with Crippen LogP contribution in [0.5, 0.6) is 0 Å². The summed E-state index contributed by atoms with van der Waals surface area (Å²) < 4.78 is 0. The summed E-state index contributed by atoms with van der Waals surface area (Å²) in [5, 5.41) is 14.8. The van der Waals surface area contributed by atoms with Gasteiger partial charge >= 0.3 is 5.97 Å². The number of benzene rings is 2. The number of rotatable bonds is 8. The molecule has 140 valence electrons. The van der Waals surface area contributed by atoms with Gasteiger partial charge in [0.05, 0.1) is 6.04 Å². The highest BCUT2D eigenvalue weighted by Crippen LogP contribution is 2.20. The third-order valence-electron chi connectivity index (χ3n) is 4.48. The molecule has 0 bridgehead atoms. The van der Waals surface area contributed by atoms with Crippen molar-refractivity contribution in [2.45, 2.75) is 37.8 Å². The number of amides is 2. The molecule has 1 unspecified atom stereocenters. The predicted molar refractivity (Wildman–Crippen MR) is 100 cm³/mol. The van der Waals surface area contributed by atoms with Crippen molar-refractivity contribution in [2.24, 2.45) is 0 Å². The van der Waals surface area contributed by atoms with E-state index in [1.807, 2.05) is 30.3 Å². The second kappa shape index (κ2) is 8.49. The Morgan fingerprint density at radius 3 is 2.07 bits per heavy atom. The van der Waals surface area contributed by atoms with Gasteiger partial charge in [-0.1, -0.05) is 30.3 Å². The zero-order valence-corrected chi connectivity index (χ0v) is 14.9. The second-order valence-electron chi connectivity index (χ2n) is 6.69. The van der Waals surface area contributed by atoms with Crippen LogP contribution in [0.2, 0.25) is 0 Å². The predicted octanol–water partition coefficient (Wildman–Crippen LogP) is 2.91. The van der Waals surface area contributed by atoms with Gasteiger partial charge in [-0.2, -0.15) is 0 Å². The van der Waals surface area contributed by atoms with Crippen LogP contribution in [0.25, 0.3) is 0 Å². The molecular weight excluding hydrogens is 344 g/mol. The maximum Gasteiger partial charge on any atom is 0.303 e. The molecule has 1 aliphatic carbocycles. The maximum absolute atomic E-state index is 12.6. The maximum atomic E-state index is 12.6. The van der Waals surface area contributed by atoms with Crippen molar-refractivity contribution in [1.29, 1.82) is 0 Å². The van der Waals surface area contributed by atoms with E-state index >= 15 is 0 Å². The van der Waals surface area contributed by atoms with Gasteiger partial charge in [0, 0.05) is 23.6 Å². The molecule has 0 aliphatic heterocycles. The van der Waals surface area contributed by atoms with E-state index in [2.05, 4.69) is 10.6 Å². The van der Waals surface area contributed by atoms with Crippen molar-refractivity contribution in [2.75, 3.05) is 0 Å². The second-order valence-corrected chi connectivity index (χ2v) is 6.69. The molecule has 1 atom stereocenters. The normalized spacial score (nSPS) is 14.2. The quantitative estimate of drug-likeness (QED) is 0.669. The van der Waals surface area contributed by atoms with E-state index in [1.165, 1.54) is 0 Å². The highest BCUT2D eigenvalue weighted by Gasteiger charge is 2.24. The van der Waals surface area contributed by atoms with Crippen LogP contribution in [0, 0.1) is 0 Å². The summed E-state index contributed by atoms with van der Waals surface area (Å²) in [7, 11) is 0. The summed E-state index contributed by atoms with van der Waals surface area (Å²) in [5.41, 5.74) is 1.80. The fourth-order valence-electron chi connectivity index (χ4n) is 2.79. The van der Waals surface area contributed by atoms with Gasteiger partial charge in [0.2, 0.25) is 0 Å². The number of hydrogen-bond acceptors (Lipinski definition) is 3. The smallest absolute Gasteiger partial charge is 0.303 e. The molecule has 6 nitrogen and oxygen atoms in total. The molecule has 3 N–H and O–H groups in total. The first-order chi connectivity index (χ1) is 13.0. The van der Waals surface area contributed by atoms with Crippen molar-refractivity contribution < 1.29 is 19.5 Å². The average molecular weight is 366 g/mol. The minimum Gasteiger partial charge on any atom is -0.481 e. The Bertz CT molecular complexity index is 814. The van der Waals surface area contributed by atoms with Crippen LogP contribution < -0.4 is 10.6 Å². The first kappa shape index (κ1) is 18.6. The van der Waals surface area contributed by atoms with Gasteiger partial charge in [-0.15, -0.1) is 0 Å². The number of nitrogens with one attached hydrogen (secondary N) is 2. The fourth-order valence-corrected chi connectivity index (χ4v) is 2.79. The Morgan fingerprint density at radius 1 is 0.926 bits per heavy atom. The van der Waals surface area contributed by atoms with E-state index < -0.39 is 12.0 Å². The van der Waals surface area contributed by atoms with Gasteiger partial charge in [-0.3, -0.25) is 14.4 Å². The number of carbonyl (C=O) groups excluding carboxylic acids is 2. The molecule has 0 heterocycles. The van der Waals surface area contributed by atoms with Crippen LogP contribution in [0.15, 0.2) is 54.6 Å². The van der Waals surface area contributed by atoms with E-state index in [-0.39, 0.29) is 24.3 Å². The lowest BCUT2D eigenvalue weighted by Gasteiger charge is -2.18. The monoisotopic (exact) mass is 366 g/mol. The molecule has 6 heteroatoms. The molecule has 0 aromatic heterocycles. The van der Waals surface area contributed by atoms with Crippen molar-refractivity contribution in [3.63, 3.8) is 0 Å². The number of hydrogen-bond donors (Lipinski definition) is 3. The Balaban J connectivity index is 1.67. The number of carboxylic acids is 1. The van der Waals surface area contributed by atoms with Gasteiger partial charge < -0.3 is 15.7 Å². The molecule has 2 aromatic rings. The summed E-state index contributed by atoms with van der Waals surface area (Å²) in [5.74, 6) is -1.34. The fraction of sp³-hybridized carbons (Fsp3) is 0.286. The molecule has 0 spiro atoms. The van der Waals surface area contributed by atoms with Gasteiger partial charge in [0.1, 0.15) is 0 Å². The van der Waals surface area contributed by atoms with Crippen LogP contribution in [0.1, 0.15) is 58.0 Å². The van der Waals surface area contributed by atoms with Crippen LogP contribution in [-0.4, -0.2) is 28.9 Å². The van der Waals surface area contributed by atoms with E-state index in [4.69, 9.17) is 5.11 Å². The van der Waals surface area contributed by atoms with E-state index in [0.29, 0.717) is 17.5 Å². The summed E-state index contributed by atoms with van der Waals surface area (Å²) in [6.45, 7) is 0. The summed E-state index contributed by atoms with van der Waals surface area (Å²) >= 11 is 0. The lowest BCUT2D eigenvalue weighted by Crippen LogP contribution is -2.29. The Kier molecular flexibility index (Phi) is 5.86. The third-order valence-corrected chi connectivity index (χ3v) is 4.48. The first-order valence-corrected chi connectivity index (χ1v) is 9.01. The van der Waals surface area contributed by atoms with Crippen molar-refractivity contribution >= 4 is 17.8 Å². The zero-order chi connectivity index (χ0) is 19.2. The zero-order valence-electron chi connectivity index (χ0n) is 14.9. The van der Waals surface area contributed by atoms with Crippen LogP contribution in [-0.2, 0) is 4.79 Å². The molecule has 1 saturated carbocycles. The van der Waals surface area contributed by atoms with Gasteiger partial charge in [0.15, 0.2) is 0 Å². The first-order valence-electron chi connectivity index (χ1n) is 9.01. The Hall–Kier alpha value is -3.15. The van der Waals surface area contributed by atoms with Crippen LogP contribution in [0.3, 0.4) is 0 Å². The van der Waals surface area contributed by atoms with E-state index in [9.17, 15) is 14.4 Å². The van der Waals surface area contributed by atoms with Crippen LogP contribution >= 0.6 is 0 Å². The Morgan fingerprint density at radius 2 is 1.52 bits per heavy atom. The molecule has 0 radical (unpaired) electrons. The number of carboxylic acid groups (broad SMARTS) is 1. The van der Waals surface area contributed by atoms with E-state index in [0.717, 1.165) is 18.4 Å². The third kappa shape index (κ3) is 5.41. The topological polar surface area (TPSA) is 95.5 Å². The Labute approximate surface area is 157 Å². The summed E-state index contributed by atoms with van der Waals surface area (Å²) in [6.07, 6.45) is 2.29. The SMILES string of the molecule is O=C(O)CCC(NC(=O)c1ccc(C(=O)NC2CC2)cc1)c1ccccc1. The molecule has 0 saturated heterocycles. The van der Waals surface area contributed by atoms with Crippen molar-refractivity contribution in [1.82, 2.24) is 10.6 Å². The van der Waals surface area contributed by atoms with Gasteiger partial charge in [-0.25, -0.2) is 0 Å². The minimum atomic E-state index is -0.906. The molecule has 27 heavy (non-hydrogen) atoms. The summed E-state index contributed by atoms with van der Waals surface area (Å²) in [6, 6.07) is 15.6. The molecular formula is C21H22N2O4. The molecule has 2 aromatic carbocycles. The van der Waals surface area contributed by atoms with Gasteiger partial charge in [-0.05, 0) is 49.1 Å². The largest absolute Gasteiger partial charge is 0.481 e. The van der Waals surface area contributed by atoms with Crippen molar-refractivity contribution in [3.05, 3.63) is 71.3 Å². The molecule has 1 fully saturated rings. The van der Waals surface area contributed by atoms with Crippen molar-refractivity contribution in [3.8, 4) is 0 Å². The molecule has 3 rings (SSSR count). The highest BCUT2D eigenvalue weighted by atomic mass is 16.4. The minimum absolute atomic E-state index is 0.0416. The van der Waals surface area contributed by atoms with E-state index in [1.54, 1.807) is 24.3 Å².